The minimum absolute atomic E-state index is 0.618. The molecular formula is C18H26N4O2. The van der Waals surface area contributed by atoms with Gasteiger partial charge < -0.3 is 31.6 Å². The van der Waals surface area contributed by atoms with Gasteiger partial charge in [-0.1, -0.05) is 0 Å². The summed E-state index contributed by atoms with van der Waals surface area (Å²) >= 11 is 0. The molecule has 0 aliphatic heterocycles. The monoisotopic (exact) mass is 330 g/mol. The van der Waals surface area contributed by atoms with E-state index in [2.05, 4.69) is 4.90 Å². The van der Waals surface area contributed by atoms with Crippen LogP contribution in [0.4, 0.5) is 22.7 Å². The van der Waals surface area contributed by atoms with E-state index in [0.29, 0.717) is 30.3 Å². The van der Waals surface area contributed by atoms with Crippen LogP contribution in [0.2, 0.25) is 0 Å². The predicted molar refractivity (Wildman–Crippen MR) is 101 cm³/mol. The maximum atomic E-state index is 6.01. The minimum atomic E-state index is 0.618. The molecule has 0 radical (unpaired) electrons. The smallest absolute Gasteiger partial charge is 0.0637 e. The third-order valence-electron chi connectivity index (χ3n) is 3.78. The van der Waals surface area contributed by atoms with Crippen LogP contribution in [0, 0.1) is 0 Å². The number of benzene rings is 2. The number of methoxy groups -OCH3 is 2. The lowest BCUT2D eigenvalue weighted by atomic mass is 10.0. The molecule has 6 heteroatoms. The molecule has 0 spiro atoms. The Balaban J connectivity index is 2.47. The van der Waals surface area contributed by atoms with Crippen LogP contribution in [0.5, 0.6) is 0 Å². The fourth-order valence-corrected chi connectivity index (χ4v) is 2.65. The highest BCUT2D eigenvalue weighted by Gasteiger charge is 2.14. The molecule has 0 atom stereocenters. The minimum Gasteiger partial charge on any atom is -0.399 e. The third-order valence-corrected chi connectivity index (χ3v) is 3.78. The molecule has 6 N–H and O–H groups in total. The van der Waals surface area contributed by atoms with E-state index in [4.69, 9.17) is 26.7 Å². The van der Waals surface area contributed by atoms with Crippen molar-refractivity contribution in [1.82, 2.24) is 0 Å². The largest absolute Gasteiger partial charge is 0.399 e. The molecule has 0 saturated heterocycles. The van der Waals surface area contributed by atoms with Gasteiger partial charge in [-0.25, -0.2) is 0 Å². The van der Waals surface area contributed by atoms with Crippen LogP contribution >= 0.6 is 0 Å². The molecular weight excluding hydrogens is 304 g/mol. The molecule has 24 heavy (non-hydrogen) atoms. The fraction of sp³-hybridized carbons (Fsp3) is 0.333. The van der Waals surface area contributed by atoms with Gasteiger partial charge >= 0.3 is 0 Å². The first-order valence-electron chi connectivity index (χ1n) is 7.84. The van der Waals surface area contributed by atoms with Crippen molar-refractivity contribution in [3.63, 3.8) is 0 Å². The van der Waals surface area contributed by atoms with Gasteiger partial charge in [-0.2, -0.15) is 0 Å². The van der Waals surface area contributed by atoms with Crippen molar-refractivity contribution < 1.29 is 9.47 Å². The Morgan fingerprint density at radius 2 is 1.38 bits per heavy atom. The topological polar surface area (TPSA) is 99.8 Å². The molecule has 0 aromatic heterocycles. The first-order valence-corrected chi connectivity index (χ1v) is 7.84. The maximum absolute atomic E-state index is 6.01. The number of anilines is 4. The summed E-state index contributed by atoms with van der Waals surface area (Å²) < 4.78 is 10.5. The van der Waals surface area contributed by atoms with Crippen LogP contribution in [0.3, 0.4) is 0 Å². The van der Waals surface area contributed by atoms with Gasteiger partial charge in [0.25, 0.3) is 0 Å². The second kappa shape index (κ2) is 8.42. The van der Waals surface area contributed by atoms with Gasteiger partial charge in [0.2, 0.25) is 0 Å². The Kier molecular flexibility index (Phi) is 6.28. The van der Waals surface area contributed by atoms with Crippen LogP contribution in [-0.4, -0.2) is 40.5 Å². The second-order valence-corrected chi connectivity index (χ2v) is 5.64. The predicted octanol–water partition coefficient (Wildman–Crippen LogP) is 2.20. The summed E-state index contributed by atoms with van der Waals surface area (Å²) in [6.07, 6.45) is 0. The van der Waals surface area contributed by atoms with Crippen LogP contribution in [0.15, 0.2) is 36.4 Å². The van der Waals surface area contributed by atoms with Gasteiger partial charge in [0, 0.05) is 55.6 Å². The first-order chi connectivity index (χ1) is 11.5. The standard InChI is InChI=1S/C18H26N4O2/c1-23-7-5-22(6-8-24-2)18-4-3-14(19)12-17(18)13-9-15(20)11-16(21)10-13/h3-4,9-12H,5-8,19-21H2,1-2H3. The Morgan fingerprint density at radius 3 is 1.92 bits per heavy atom. The van der Waals surface area contributed by atoms with Crippen LogP contribution in [0.25, 0.3) is 11.1 Å². The Bertz CT molecular complexity index is 648. The number of nitrogens with zero attached hydrogens (tertiary/aromatic N) is 1. The molecule has 130 valence electrons. The molecule has 0 saturated carbocycles. The molecule has 0 aliphatic rings. The Morgan fingerprint density at radius 1 is 0.792 bits per heavy atom. The summed E-state index contributed by atoms with van der Waals surface area (Å²) in [4.78, 5) is 2.21. The van der Waals surface area contributed by atoms with E-state index in [9.17, 15) is 0 Å². The van der Waals surface area contributed by atoms with E-state index < -0.39 is 0 Å². The maximum Gasteiger partial charge on any atom is 0.0637 e. The summed E-state index contributed by atoms with van der Waals surface area (Å²) in [6, 6.07) is 11.4. The van der Waals surface area contributed by atoms with Crippen molar-refractivity contribution in [1.29, 1.82) is 0 Å². The first kappa shape index (κ1) is 17.9. The van der Waals surface area contributed by atoms with E-state index in [1.807, 2.05) is 30.3 Å². The van der Waals surface area contributed by atoms with Crippen LogP contribution < -0.4 is 22.1 Å². The highest BCUT2D eigenvalue weighted by Crippen LogP contribution is 2.34. The Hall–Kier alpha value is -2.44. The number of nitrogen functional groups attached to an aromatic ring is 3. The number of ether oxygens (including phenoxy) is 2. The molecule has 2 rings (SSSR count). The normalized spacial score (nSPS) is 10.8. The summed E-state index contributed by atoms with van der Waals surface area (Å²) in [5.74, 6) is 0. The van der Waals surface area contributed by atoms with Crippen LogP contribution in [-0.2, 0) is 9.47 Å². The number of rotatable bonds is 8. The average Bonchev–Trinajstić information content (AvgIpc) is 2.54. The molecule has 0 bridgehead atoms. The van der Waals surface area contributed by atoms with Crippen molar-refractivity contribution in [2.24, 2.45) is 0 Å². The average molecular weight is 330 g/mol. The van der Waals surface area contributed by atoms with Crippen LogP contribution in [0.1, 0.15) is 0 Å². The molecule has 2 aromatic carbocycles. The second-order valence-electron chi connectivity index (χ2n) is 5.64. The summed E-state index contributed by atoms with van der Waals surface area (Å²) in [5.41, 5.74) is 22.8. The summed E-state index contributed by atoms with van der Waals surface area (Å²) in [6.45, 7) is 2.72. The van der Waals surface area contributed by atoms with Crippen molar-refractivity contribution in [3.05, 3.63) is 36.4 Å². The molecule has 6 nitrogen and oxygen atoms in total. The zero-order valence-corrected chi connectivity index (χ0v) is 14.3. The van der Waals surface area contributed by atoms with Gasteiger partial charge in [0.05, 0.1) is 13.2 Å². The highest BCUT2D eigenvalue weighted by molar-refractivity contribution is 5.84. The summed E-state index contributed by atoms with van der Waals surface area (Å²) in [5, 5.41) is 0. The molecule has 0 heterocycles. The van der Waals surface area contributed by atoms with Crippen molar-refractivity contribution in [3.8, 4) is 11.1 Å². The lowest BCUT2D eigenvalue weighted by Crippen LogP contribution is -2.31. The lowest BCUT2D eigenvalue weighted by molar-refractivity contribution is 0.190. The third kappa shape index (κ3) is 4.53. The van der Waals surface area contributed by atoms with E-state index >= 15 is 0 Å². The van der Waals surface area contributed by atoms with Gasteiger partial charge in [-0.05, 0) is 42.0 Å². The SMILES string of the molecule is COCCN(CCOC)c1ccc(N)cc1-c1cc(N)cc(N)c1. The molecule has 0 amide bonds. The van der Waals surface area contributed by atoms with Crippen molar-refractivity contribution in [2.75, 3.05) is 62.6 Å². The highest BCUT2D eigenvalue weighted by atomic mass is 16.5. The van der Waals surface area contributed by atoms with Gasteiger partial charge in [0.1, 0.15) is 0 Å². The van der Waals surface area contributed by atoms with Crippen molar-refractivity contribution >= 4 is 22.7 Å². The lowest BCUT2D eigenvalue weighted by Gasteiger charge is -2.27. The number of hydrogen-bond acceptors (Lipinski definition) is 6. The Labute approximate surface area is 143 Å². The molecule has 0 aliphatic carbocycles. The van der Waals surface area contributed by atoms with E-state index in [-0.39, 0.29) is 0 Å². The zero-order chi connectivity index (χ0) is 17.5. The van der Waals surface area contributed by atoms with Gasteiger partial charge in [0.15, 0.2) is 0 Å². The number of nitrogens with two attached hydrogens (primary N) is 3. The van der Waals surface area contributed by atoms with Gasteiger partial charge in [-0.15, -0.1) is 0 Å². The van der Waals surface area contributed by atoms with Crippen molar-refractivity contribution in [2.45, 2.75) is 0 Å². The van der Waals surface area contributed by atoms with E-state index in [0.717, 1.165) is 29.9 Å². The quantitative estimate of drug-likeness (QED) is 0.642. The van der Waals surface area contributed by atoms with Gasteiger partial charge in [-0.3, -0.25) is 0 Å². The van der Waals surface area contributed by atoms with E-state index in [1.54, 1.807) is 20.3 Å². The molecule has 0 unspecified atom stereocenters. The van der Waals surface area contributed by atoms with E-state index in [1.165, 1.54) is 0 Å². The molecule has 0 fully saturated rings. The zero-order valence-electron chi connectivity index (χ0n) is 14.3. The number of hydrogen-bond donors (Lipinski definition) is 3. The fourth-order valence-electron chi connectivity index (χ4n) is 2.65. The molecule has 2 aromatic rings. The summed E-state index contributed by atoms with van der Waals surface area (Å²) in [7, 11) is 3.38.